The van der Waals surface area contributed by atoms with Gasteiger partial charge in [0.1, 0.15) is 11.6 Å². The highest BCUT2D eigenvalue weighted by Crippen LogP contribution is 2.37. The zero-order valence-electron chi connectivity index (χ0n) is 24.0. The van der Waals surface area contributed by atoms with Crippen LogP contribution in [0.25, 0.3) is 22.3 Å². The number of anilines is 3. The summed E-state index contributed by atoms with van der Waals surface area (Å²) in [4.78, 5) is 24.5. The number of nitrogens with zero attached hydrogens (tertiary/aromatic N) is 3. The van der Waals surface area contributed by atoms with Crippen molar-refractivity contribution < 1.29 is 41.0 Å². The average molecular weight is 655 g/mol. The van der Waals surface area contributed by atoms with Crippen LogP contribution in [0.1, 0.15) is 16.7 Å². The van der Waals surface area contributed by atoms with Crippen molar-refractivity contribution in [1.29, 1.82) is 0 Å². The van der Waals surface area contributed by atoms with E-state index in [1.807, 2.05) is 0 Å². The number of amides is 2. The molecule has 0 aliphatic rings. The Morgan fingerprint density at radius 2 is 1.47 bits per heavy atom. The van der Waals surface area contributed by atoms with Crippen LogP contribution in [0.5, 0.6) is 11.8 Å². The highest BCUT2D eigenvalue weighted by molar-refractivity contribution is 6.02. The van der Waals surface area contributed by atoms with Crippen LogP contribution in [-0.4, -0.2) is 32.7 Å². The second kappa shape index (κ2) is 13.3. The third-order valence-corrected chi connectivity index (χ3v) is 6.74. The van der Waals surface area contributed by atoms with Crippen LogP contribution < -0.4 is 21.1 Å². The summed E-state index contributed by atoms with van der Waals surface area (Å²) in [6.45, 7) is -0.112. The first-order valence-electron chi connectivity index (χ1n) is 13.7. The number of nitrogens with two attached hydrogens (primary N) is 1. The van der Waals surface area contributed by atoms with Gasteiger partial charge in [-0.2, -0.15) is 26.3 Å². The number of aliphatic hydroxyl groups excluding tert-OH is 1. The van der Waals surface area contributed by atoms with Gasteiger partial charge in [0.05, 0.1) is 34.9 Å². The Morgan fingerprint density at radius 3 is 2.13 bits per heavy atom. The van der Waals surface area contributed by atoms with Crippen LogP contribution in [0, 0.1) is 0 Å². The molecule has 47 heavy (non-hydrogen) atoms. The maximum absolute atomic E-state index is 13.5. The average Bonchev–Trinajstić information content (AvgIpc) is 3.02. The first-order chi connectivity index (χ1) is 22.3. The first kappa shape index (κ1) is 32.7. The zero-order chi connectivity index (χ0) is 33.8. The van der Waals surface area contributed by atoms with E-state index in [1.54, 1.807) is 24.3 Å². The molecular formula is C32H24F6N6O3. The summed E-state index contributed by atoms with van der Waals surface area (Å²) in [5.74, 6) is 0.157. The normalized spacial score (nSPS) is 11.6. The van der Waals surface area contributed by atoms with E-state index >= 15 is 0 Å². The molecule has 5 aromatic rings. The molecule has 15 heteroatoms. The summed E-state index contributed by atoms with van der Waals surface area (Å²) >= 11 is 0. The van der Waals surface area contributed by atoms with E-state index in [9.17, 15) is 36.2 Å². The summed E-state index contributed by atoms with van der Waals surface area (Å²) in [5, 5.41) is 14.2. The molecule has 5 rings (SSSR count). The Labute approximate surface area is 263 Å². The Hall–Kier alpha value is -5.70. The predicted octanol–water partition coefficient (Wildman–Crippen LogP) is 7.80. The Balaban J connectivity index is 1.27. The Bertz CT molecular complexity index is 1880. The van der Waals surface area contributed by atoms with E-state index < -0.39 is 29.5 Å². The molecule has 2 heterocycles. The van der Waals surface area contributed by atoms with Gasteiger partial charge >= 0.3 is 24.4 Å². The molecule has 0 spiro atoms. The van der Waals surface area contributed by atoms with E-state index in [4.69, 9.17) is 10.5 Å². The predicted molar refractivity (Wildman–Crippen MR) is 162 cm³/mol. The molecule has 0 radical (unpaired) electrons. The molecule has 3 aromatic carbocycles. The summed E-state index contributed by atoms with van der Waals surface area (Å²) in [5.41, 5.74) is 5.92. The number of rotatable bonds is 8. The second-order valence-electron chi connectivity index (χ2n) is 10.0. The van der Waals surface area contributed by atoms with Gasteiger partial charge in [-0.3, -0.25) is 0 Å². The number of halogens is 6. The number of urea groups is 1. The summed E-state index contributed by atoms with van der Waals surface area (Å²) in [7, 11) is 0. The third kappa shape index (κ3) is 8.12. The number of aliphatic hydroxyl groups is 1. The number of alkyl halides is 6. The molecule has 0 saturated heterocycles. The molecule has 0 atom stereocenters. The van der Waals surface area contributed by atoms with Crippen LogP contribution in [-0.2, 0) is 18.8 Å². The van der Waals surface area contributed by atoms with Crippen LogP contribution >= 0.6 is 0 Å². The van der Waals surface area contributed by atoms with Crippen LogP contribution in [0.3, 0.4) is 0 Å². The van der Waals surface area contributed by atoms with Gasteiger partial charge in [-0.25, -0.2) is 19.7 Å². The lowest BCUT2D eigenvalue weighted by Gasteiger charge is -2.16. The molecule has 242 valence electrons. The fraction of sp³-hybridized carbons (Fsp3) is 0.125. The van der Waals surface area contributed by atoms with Gasteiger partial charge < -0.3 is 26.2 Å². The SMILES string of the molecule is Nc1ncc(C(F)(F)F)cc1-c1ccc(Oc2ncc(NC(=O)Nc3cc(C(F)(F)F)ccc3-c3cccc(CCO)c3)cn2)cc1. The minimum absolute atomic E-state index is 0.0846. The van der Waals surface area contributed by atoms with Crippen molar-refractivity contribution in [3.63, 3.8) is 0 Å². The number of carbonyl (C=O) groups excluding carboxylic acids is 1. The van der Waals surface area contributed by atoms with Crippen LogP contribution in [0.2, 0.25) is 0 Å². The molecule has 9 nitrogen and oxygen atoms in total. The molecule has 0 fully saturated rings. The molecule has 2 amide bonds. The van der Waals surface area contributed by atoms with Crippen LogP contribution in [0.15, 0.2) is 91.4 Å². The summed E-state index contributed by atoms with van der Waals surface area (Å²) < 4.78 is 85.3. The van der Waals surface area contributed by atoms with Gasteiger partial charge in [0.15, 0.2) is 0 Å². The number of pyridine rings is 1. The van der Waals surface area contributed by atoms with Crippen molar-refractivity contribution in [3.8, 4) is 34.0 Å². The zero-order valence-corrected chi connectivity index (χ0v) is 24.0. The van der Waals surface area contributed by atoms with Crippen LogP contribution in [0.4, 0.5) is 48.3 Å². The fourth-order valence-corrected chi connectivity index (χ4v) is 4.49. The monoisotopic (exact) mass is 654 g/mol. The maximum Gasteiger partial charge on any atom is 0.417 e. The number of benzene rings is 3. The summed E-state index contributed by atoms with van der Waals surface area (Å²) in [6.07, 6.45) is -5.84. The third-order valence-electron chi connectivity index (χ3n) is 6.74. The van der Waals surface area contributed by atoms with Crippen molar-refractivity contribution in [2.75, 3.05) is 23.0 Å². The van der Waals surface area contributed by atoms with Crippen molar-refractivity contribution in [2.24, 2.45) is 0 Å². The summed E-state index contributed by atoms with van der Waals surface area (Å²) in [6, 6.07) is 15.6. The van der Waals surface area contributed by atoms with Gasteiger partial charge in [0.25, 0.3) is 0 Å². The van der Waals surface area contributed by atoms with E-state index in [2.05, 4.69) is 25.6 Å². The van der Waals surface area contributed by atoms with Gasteiger partial charge in [0, 0.05) is 23.9 Å². The lowest BCUT2D eigenvalue weighted by Crippen LogP contribution is -2.20. The van der Waals surface area contributed by atoms with Crippen molar-refractivity contribution in [1.82, 2.24) is 15.0 Å². The fourth-order valence-electron chi connectivity index (χ4n) is 4.49. The van der Waals surface area contributed by atoms with E-state index in [-0.39, 0.29) is 41.1 Å². The molecule has 2 aromatic heterocycles. The van der Waals surface area contributed by atoms with Crippen molar-refractivity contribution in [2.45, 2.75) is 18.8 Å². The number of aromatic nitrogens is 3. The number of ether oxygens (including phenoxy) is 1. The molecule has 0 saturated carbocycles. The lowest BCUT2D eigenvalue weighted by atomic mass is 9.98. The largest absolute Gasteiger partial charge is 0.424 e. The van der Waals surface area contributed by atoms with Crippen molar-refractivity contribution >= 4 is 23.2 Å². The maximum atomic E-state index is 13.5. The van der Waals surface area contributed by atoms with Gasteiger partial charge in [-0.15, -0.1) is 0 Å². The number of carbonyl (C=O) groups is 1. The van der Waals surface area contributed by atoms with E-state index in [0.717, 1.165) is 23.8 Å². The first-order valence-corrected chi connectivity index (χ1v) is 13.7. The van der Waals surface area contributed by atoms with Gasteiger partial charge in [0.2, 0.25) is 0 Å². The number of nitrogens with one attached hydrogen (secondary N) is 2. The quantitative estimate of drug-likeness (QED) is 0.125. The Morgan fingerprint density at radius 1 is 0.766 bits per heavy atom. The van der Waals surface area contributed by atoms with Gasteiger partial charge in [-0.05, 0) is 53.4 Å². The number of hydrogen-bond donors (Lipinski definition) is 4. The molecule has 0 bridgehead atoms. The van der Waals surface area contributed by atoms with E-state index in [0.29, 0.717) is 29.3 Å². The molecule has 0 aliphatic heterocycles. The smallest absolute Gasteiger partial charge is 0.417 e. The Kier molecular flexibility index (Phi) is 9.28. The number of hydrogen-bond acceptors (Lipinski definition) is 7. The number of nitrogen functional groups attached to an aromatic ring is 1. The minimum Gasteiger partial charge on any atom is -0.424 e. The standard InChI is InChI=1S/C32H24F6N6O3/c33-31(34,35)21-6-9-25(20-3-1-2-18(12-20)10-11-45)27(14-21)44-29(46)43-23-16-41-30(42-17-23)47-24-7-4-19(5-8-24)26-13-22(32(36,37)38)15-40-28(26)39/h1-9,12-17,45H,10-11H2,(H2,39,40)(H2,43,44,46). The molecular weight excluding hydrogens is 630 g/mol. The second-order valence-corrected chi connectivity index (χ2v) is 10.0. The van der Waals surface area contributed by atoms with Crippen molar-refractivity contribution in [3.05, 3.63) is 108 Å². The molecule has 0 unspecified atom stereocenters. The molecule has 5 N–H and O–H groups in total. The highest BCUT2D eigenvalue weighted by atomic mass is 19.4. The lowest BCUT2D eigenvalue weighted by molar-refractivity contribution is -0.138. The minimum atomic E-state index is -4.66. The molecule has 0 aliphatic carbocycles. The topological polar surface area (TPSA) is 135 Å². The highest BCUT2D eigenvalue weighted by Gasteiger charge is 2.32. The van der Waals surface area contributed by atoms with Gasteiger partial charge in [-0.1, -0.05) is 42.5 Å². The van der Waals surface area contributed by atoms with E-state index in [1.165, 1.54) is 42.7 Å².